The van der Waals surface area contributed by atoms with Gasteiger partial charge in [-0.2, -0.15) is 8.42 Å². The van der Waals surface area contributed by atoms with E-state index < -0.39 is 10.1 Å². The molecule has 6 nitrogen and oxygen atoms in total. The van der Waals surface area contributed by atoms with Crippen LogP contribution in [-0.2, 0) is 16.7 Å². The Morgan fingerprint density at radius 1 is 1.06 bits per heavy atom. The Morgan fingerprint density at radius 3 is 2.42 bits per heavy atom. The van der Waals surface area contributed by atoms with Crippen molar-refractivity contribution in [3.63, 3.8) is 0 Å². The van der Waals surface area contributed by atoms with Crippen LogP contribution in [0.2, 0.25) is 10.0 Å². The maximum absolute atomic E-state index is 13.0. The molecule has 0 saturated heterocycles. The highest BCUT2D eigenvalue weighted by atomic mass is 35.5. The number of benzene rings is 2. The van der Waals surface area contributed by atoms with Crippen molar-refractivity contribution < 1.29 is 22.1 Å². The van der Waals surface area contributed by atoms with Crippen LogP contribution >= 0.6 is 34.5 Å². The topological polar surface area (TPSA) is 72.9 Å². The minimum Gasteiger partial charge on any atom is -0.493 e. The van der Waals surface area contributed by atoms with Crippen LogP contribution in [-0.4, -0.2) is 32.9 Å². The van der Waals surface area contributed by atoms with Crippen molar-refractivity contribution in [3.05, 3.63) is 74.4 Å². The van der Waals surface area contributed by atoms with Crippen molar-refractivity contribution in [1.29, 1.82) is 0 Å². The van der Waals surface area contributed by atoms with Gasteiger partial charge in [-0.3, -0.25) is 4.79 Å². The molecular weight excluding hydrogens is 505 g/mol. The number of rotatable bonds is 9. The van der Waals surface area contributed by atoms with Crippen LogP contribution in [0.4, 0.5) is 0 Å². The summed E-state index contributed by atoms with van der Waals surface area (Å²) in [5, 5.41) is 2.18. The molecule has 0 atom stereocenters. The number of carbonyl (C=O) groups excluding carboxylic acids is 1. The van der Waals surface area contributed by atoms with E-state index in [1.807, 2.05) is 25.3 Å². The van der Waals surface area contributed by atoms with Gasteiger partial charge >= 0.3 is 10.1 Å². The lowest BCUT2D eigenvalue weighted by atomic mass is 10.1. The van der Waals surface area contributed by atoms with E-state index >= 15 is 0 Å². The number of thiophene rings is 1. The molecule has 0 radical (unpaired) electrons. The SMILES string of the molecule is COc1ccc(CN(CC(C)C)C(=O)c2cccs2)cc1OS(=O)(=O)c1ccc(Cl)c(Cl)c1. The lowest BCUT2D eigenvalue weighted by Gasteiger charge is -2.24. The second-order valence-corrected chi connectivity index (χ2v) is 11.0. The first kappa shape index (κ1) is 25.4. The highest BCUT2D eigenvalue weighted by molar-refractivity contribution is 7.87. The molecule has 0 unspecified atom stereocenters. The molecule has 10 heteroatoms. The van der Waals surface area contributed by atoms with Crippen molar-refractivity contribution in [2.24, 2.45) is 5.92 Å². The Balaban J connectivity index is 1.90. The smallest absolute Gasteiger partial charge is 0.339 e. The molecule has 3 aromatic rings. The third-order valence-corrected chi connectivity index (χ3v) is 7.41. The van der Waals surface area contributed by atoms with Gasteiger partial charge < -0.3 is 13.8 Å². The minimum absolute atomic E-state index is 0.00846. The summed E-state index contributed by atoms with van der Waals surface area (Å²) in [6.07, 6.45) is 0. The number of halogens is 2. The number of ether oxygens (including phenoxy) is 1. The van der Waals surface area contributed by atoms with E-state index in [0.717, 1.165) is 0 Å². The van der Waals surface area contributed by atoms with E-state index in [0.29, 0.717) is 17.0 Å². The zero-order chi connectivity index (χ0) is 24.2. The van der Waals surface area contributed by atoms with Gasteiger partial charge in [0.05, 0.1) is 22.0 Å². The molecule has 0 N–H and O–H groups in total. The zero-order valence-electron chi connectivity index (χ0n) is 18.2. The molecule has 0 aliphatic heterocycles. The van der Waals surface area contributed by atoms with Crippen molar-refractivity contribution in [3.8, 4) is 11.5 Å². The lowest BCUT2D eigenvalue weighted by molar-refractivity contribution is 0.0727. The first-order chi connectivity index (χ1) is 15.6. The maximum Gasteiger partial charge on any atom is 0.339 e. The molecule has 1 heterocycles. The zero-order valence-corrected chi connectivity index (χ0v) is 21.4. The first-order valence-corrected chi connectivity index (χ1v) is 13.0. The van der Waals surface area contributed by atoms with Gasteiger partial charge in [0.1, 0.15) is 4.90 Å². The Hall–Kier alpha value is -2.26. The number of hydrogen-bond acceptors (Lipinski definition) is 6. The second kappa shape index (κ2) is 10.8. The van der Waals surface area contributed by atoms with Crippen molar-refractivity contribution in [1.82, 2.24) is 4.90 Å². The normalized spacial score (nSPS) is 11.5. The number of amides is 1. The molecule has 0 spiro atoms. The summed E-state index contributed by atoms with van der Waals surface area (Å²) in [7, 11) is -2.79. The van der Waals surface area contributed by atoms with Crippen molar-refractivity contribution in [2.45, 2.75) is 25.3 Å². The highest BCUT2D eigenvalue weighted by Gasteiger charge is 2.22. The van der Waals surface area contributed by atoms with Gasteiger partial charge in [0, 0.05) is 13.1 Å². The minimum atomic E-state index is -4.20. The summed E-state index contributed by atoms with van der Waals surface area (Å²) >= 11 is 13.2. The summed E-state index contributed by atoms with van der Waals surface area (Å²) in [6.45, 7) is 4.88. The molecule has 2 aromatic carbocycles. The number of nitrogens with zero attached hydrogens (tertiary/aromatic N) is 1. The molecule has 0 bridgehead atoms. The predicted molar refractivity (Wildman–Crippen MR) is 131 cm³/mol. The van der Waals surface area contributed by atoms with Crippen LogP contribution in [0.3, 0.4) is 0 Å². The van der Waals surface area contributed by atoms with Gasteiger partial charge in [0.2, 0.25) is 0 Å². The molecule has 0 saturated carbocycles. The van der Waals surface area contributed by atoms with E-state index in [9.17, 15) is 13.2 Å². The van der Waals surface area contributed by atoms with Crippen LogP contribution in [0.25, 0.3) is 0 Å². The summed E-state index contributed by atoms with van der Waals surface area (Å²) < 4.78 is 36.3. The third kappa shape index (κ3) is 6.41. The molecule has 0 aliphatic carbocycles. The monoisotopic (exact) mass is 527 g/mol. The van der Waals surface area contributed by atoms with E-state index in [4.69, 9.17) is 32.1 Å². The molecule has 3 rings (SSSR count). The average Bonchev–Trinajstić information content (AvgIpc) is 3.29. The number of carbonyl (C=O) groups is 1. The van der Waals surface area contributed by atoms with Crippen LogP contribution in [0.1, 0.15) is 29.1 Å². The maximum atomic E-state index is 13.0. The van der Waals surface area contributed by atoms with Gasteiger partial charge in [-0.05, 0) is 53.3 Å². The van der Waals surface area contributed by atoms with Gasteiger partial charge in [0.15, 0.2) is 11.5 Å². The largest absolute Gasteiger partial charge is 0.493 e. The standard InChI is InChI=1S/C23H23Cl2NO5S2/c1-15(2)13-26(23(27)22-5-4-10-32-22)14-16-6-9-20(30-3)21(11-16)31-33(28,29)17-7-8-18(24)19(25)12-17/h4-12,15H,13-14H2,1-3H3. The van der Waals surface area contributed by atoms with E-state index in [1.165, 1.54) is 36.6 Å². The van der Waals surface area contributed by atoms with Crippen molar-refractivity contribution in [2.75, 3.05) is 13.7 Å². The summed E-state index contributed by atoms with van der Waals surface area (Å²) in [5.41, 5.74) is 0.695. The molecule has 0 aliphatic rings. The number of methoxy groups -OCH3 is 1. The van der Waals surface area contributed by atoms with E-state index in [-0.39, 0.29) is 44.8 Å². The van der Waals surface area contributed by atoms with Gasteiger partial charge in [-0.25, -0.2) is 0 Å². The van der Waals surface area contributed by atoms with Crippen molar-refractivity contribution >= 4 is 50.6 Å². The van der Waals surface area contributed by atoms with Gasteiger partial charge in [-0.15, -0.1) is 11.3 Å². The Morgan fingerprint density at radius 2 is 1.82 bits per heavy atom. The van der Waals surface area contributed by atoms with Gasteiger partial charge in [-0.1, -0.05) is 49.2 Å². The second-order valence-electron chi connectivity index (χ2n) is 7.66. The highest BCUT2D eigenvalue weighted by Crippen LogP contribution is 2.33. The lowest BCUT2D eigenvalue weighted by Crippen LogP contribution is -2.33. The molecule has 0 fully saturated rings. The molecule has 1 amide bonds. The van der Waals surface area contributed by atoms with Crippen LogP contribution < -0.4 is 8.92 Å². The summed E-state index contributed by atoms with van der Waals surface area (Å²) in [5.74, 6) is 0.412. The predicted octanol–water partition coefficient (Wildman–Crippen LogP) is 6.13. The molecule has 33 heavy (non-hydrogen) atoms. The Kier molecular flexibility index (Phi) is 8.28. The van der Waals surface area contributed by atoms with E-state index in [1.54, 1.807) is 29.2 Å². The third-order valence-electron chi connectivity index (χ3n) is 4.59. The van der Waals surface area contributed by atoms with Crippen LogP contribution in [0.15, 0.2) is 58.8 Å². The molecule has 176 valence electrons. The fraction of sp³-hybridized carbons (Fsp3) is 0.261. The van der Waals surface area contributed by atoms with Crippen LogP contribution in [0.5, 0.6) is 11.5 Å². The fourth-order valence-electron chi connectivity index (χ4n) is 3.12. The number of hydrogen-bond donors (Lipinski definition) is 0. The average molecular weight is 528 g/mol. The Bertz CT molecular complexity index is 1230. The van der Waals surface area contributed by atoms with E-state index in [2.05, 4.69) is 0 Å². The summed E-state index contributed by atoms with van der Waals surface area (Å²) in [6, 6.07) is 12.5. The Labute approximate surface area is 207 Å². The summed E-state index contributed by atoms with van der Waals surface area (Å²) in [4.78, 5) is 15.2. The van der Waals surface area contributed by atoms with Gasteiger partial charge in [0.25, 0.3) is 5.91 Å². The van der Waals surface area contributed by atoms with Crippen LogP contribution in [0, 0.1) is 5.92 Å². The molecule has 1 aromatic heterocycles. The first-order valence-electron chi connectivity index (χ1n) is 10.00. The fourth-order valence-corrected chi connectivity index (χ4v) is 5.13. The quantitative estimate of drug-likeness (QED) is 0.313. The molecular formula is C23H23Cl2NO5S2.